The predicted octanol–water partition coefficient (Wildman–Crippen LogP) is 5.65. The van der Waals surface area contributed by atoms with Gasteiger partial charge >= 0.3 is 0 Å². The molecule has 0 aromatic heterocycles. The molecule has 1 nitrogen and oxygen atoms in total. The van der Waals surface area contributed by atoms with Crippen molar-refractivity contribution >= 4 is 0 Å². The first-order valence-electron chi connectivity index (χ1n) is 9.17. The van der Waals surface area contributed by atoms with Gasteiger partial charge in [-0.1, -0.05) is 70.2 Å². The third-order valence-corrected chi connectivity index (χ3v) is 4.83. The Kier molecular flexibility index (Phi) is 7.29. The maximum Gasteiger partial charge on any atom is 0.0348 e. The van der Waals surface area contributed by atoms with E-state index in [4.69, 9.17) is 0 Å². The van der Waals surface area contributed by atoms with Gasteiger partial charge < -0.3 is 5.32 Å². The highest BCUT2D eigenvalue weighted by atomic mass is 14.9. The molecular weight excluding hydrogens is 254 g/mol. The van der Waals surface area contributed by atoms with E-state index >= 15 is 0 Å². The minimum absolute atomic E-state index is 0.569. The first kappa shape index (κ1) is 16.5. The van der Waals surface area contributed by atoms with Crippen LogP contribution >= 0.6 is 0 Å². The Labute approximate surface area is 131 Å². The number of rotatable bonds is 7. The van der Waals surface area contributed by atoms with E-state index in [9.17, 15) is 0 Å². The van der Waals surface area contributed by atoms with Crippen LogP contribution in [-0.2, 0) is 6.42 Å². The Hall–Kier alpha value is -0.820. The van der Waals surface area contributed by atoms with Gasteiger partial charge in [-0.05, 0) is 49.3 Å². The first-order valence-corrected chi connectivity index (χ1v) is 9.17. The molecular formula is C20H33N. The van der Waals surface area contributed by atoms with E-state index < -0.39 is 0 Å². The third kappa shape index (κ3) is 5.14. The lowest BCUT2D eigenvalue weighted by atomic mass is 9.86. The molecule has 0 bridgehead atoms. The van der Waals surface area contributed by atoms with Crippen LogP contribution in [0.15, 0.2) is 24.3 Å². The van der Waals surface area contributed by atoms with Crippen LogP contribution in [0.1, 0.15) is 82.4 Å². The quantitative estimate of drug-likeness (QED) is 0.639. The summed E-state index contributed by atoms with van der Waals surface area (Å²) in [6, 6.07) is 9.92. The summed E-state index contributed by atoms with van der Waals surface area (Å²) in [6.45, 7) is 5.68. The molecule has 1 unspecified atom stereocenters. The summed E-state index contributed by atoms with van der Waals surface area (Å²) in [5.74, 6) is 0.830. The standard InChI is InChI=1S/C20H33N/c1-3-10-17-11-9-14-19(16-17)20(21-15-4-2)18-12-7-5-6-8-13-18/h9,11,14,16,18,20-21H,3-8,10,12-13,15H2,1-2H3. The van der Waals surface area contributed by atoms with E-state index in [1.165, 1.54) is 68.9 Å². The summed E-state index contributed by atoms with van der Waals surface area (Å²) < 4.78 is 0. The second kappa shape index (κ2) is 9.25. The molecule has 0 radical (unpaired) electrons. The highest BCUT2D eigenvalue weighted by molar-refractivity contribution is 5.27. The minimum atomic E-state index is 0.569. The Morgan fingerprint density at radius 1 is 1.05 bits per heavy atom. The van der Waals surface area contributed by atoms with Crippen molar-refractivity contribution in [3.05, 3.63) is 35.4 Å². The van der Waals surface area contributed by atoms with Crippen LogP contribution < -0.4 is 5.32 Å². The summed E-state index contributed by atoms with van der Waals surface area (Å²) >= 11 is 0. The monoisotopic (exact) mass is 287 g/mol. The van der Waals surface area contributed by atoms with E-state index in [2.05, 4.69) is 43.4 Å². The van der Waals surface area contributed by atoms with E-state index in [0.29, 0.717) is 6.04 Å². The van der Waals surface area contributed by atoms with Crippen molar-refractivity contribution in [3.8, 4) is 0 Å². The molecule has 21 heavy (non-hydrogen) atoms. The highest BCUT2D eigenvalue weighted by Gasteiger charge is 2.23. The van der Waals surface area contributed by atoms with Crippen LogP contribution in [0.2, 0.25) is 0 Å². The second-order valence-electron chi connectivity index (χ2n) is 6.68. The average molecular weight is 287 g/mol. The zero-order chi connectivity index (χ0) is 14.9. The van der Waals surface area contributed by atoms with Gasteiger partial charge in [0.05, 0.1) is 0 Å². The van der Waals surface area contributed by atoms with Gasteiger partial charge in [-0.25, -0.2) is 0 Å². The summed E-state index contributed by atoms with van der Waals surface area (Å²) in [4.78, 5) is 0. The Balaban J connectivity index is 2.15. The highest BCUT2D eigenvalue weighted by Crippen LogP contribution is 2.34. The molecule has 1 atom stereocenters. The largest absolute Gasteiger partial charge is 0.310 e. The van der Waals surface area contributed by atoms with Crippen molar-refractivity contribution in [2.45, 2.75) is 77.7 Å². The predicted molar refractivity (Wildman–Crippen MR) is 92.7 cm³/mol. The molecule has 1 aliphatic rings. The van der Waals surface area contributed by atoms with Gasteiger partial charge in [0.15, 0.2) is 0 Å². The summed E-state index contributed by atoms with van der Waals surface area (Å²) in [5, 5.41) is 3.85. The molecule has 1 aromatic rings. The number of hydrogen-bond donors (Lipinski definition) is 1. The van der Waals surface area contributed by atoms with E-state index in [-0.39, 0.29) is 0 Å². The van der Waals surface area contributed by atoms with Crippen LogP contribution in [-0.4, -0.2) is 6.54 Å². The molecule has 1 N–H and O–H groups in total. The number of nitrogens with one attached hydrogen (secondary N) is 1. The number of benzene rings is 1. The zero-order valence-electron chi connectivity index (χ0n) is 14.0. The van der Waals surface area contributed by atoms with Crippen LogP contribution in [0, 0.1) is 5.92 Å². The van der Waals surface area contributed by atoms with Crippen molar-refractivity contribution in [3.63, 3.8) is 0 Å². The number of aryl methyl sites for hydroxylation is 1. The van der Waals surface area contributed by atoms with Crippen LogP contribution in [0.3, 0.4) is 0 Å². The van der Waals surface area contributed by atoms with Crippen molar-refractivity contribution in [1.29, 1.82) is 0 Å². The molecule has 118 valence electrons. The summed E-state index contributed by atoms with van der Waals surface area (Å²) in [5.41, 5.74) is 3.04. The van der Waals surface area contributed by atoms with Crippen LogP contribution in [0.5, 0.6) is 0 Å². The smallest absolute Gasteiger partial charge is 0.0348 e. The maximum atomic E-state index is 3.85. The molecule has 1 aliphatic carbocycles. The SMILES string of the molecule is CCCNC(c1cccc(CCC)c1)C1CCCCCC1. The molecule has 1 fully saturated rings. The zero-order valence-corrected chi connectivity index (χ0v) is 14.0. The van der Waals surface area contributed by atoms with Gasteiger partial charge in [0, 0.05) is 6.04 Å². The normalized spacial score (nSPS) is 18.4. The molecule has 1 saturated carbocycles. The molecule has 0 saturated heterocycles. The lowest BCUT2D eigenvalue weighted by molar-refractivity contribution is 0.325. The first-order chi connectivity index (χ1) is 10.3. The lowest BCUT2D eigenvalue weighted by Gasteiger charge is -2.28. The summed E-state index contributed by atoms with van der Waals surface area (Å²) in [6.07, 6.45) is 12.2. The Morgan fingerprint density at radius 2 is 1.81 bits per heavy atom. The van der Waals surface area contributed by atoms with Gasteiger partial charge in [-0.3, -0.25) is 0 Å². The van der Waals surface area contributed by atoms with Crippen LogP contribution in [0.4, 0.5) is 0 Å². The minimum Gasteiger partial charge on any atom is -0.310 e. The van der Waals surface area contributed by atoms with Crippen molar-refractivity contribution in [1.82, 2.24) is 5.32 Å². The molecule has 1 aromatic carbocycles. The molecule has 0 aliphatic heterocycles. The fourth-order valence-electron chi connectivity index (χ4n) is 3.73. The third-order valence-electron chi connectivity index (χ3n) is 4.83. The maximum absolute atomic E-state index is 3.85. The van der Waals surface area contributed by atoms with Gasteiger partial charge in [0.25, 0.3) is 0 Å². The van der Waals surface area contributed by atoms with Crippen LogP contribution in [0.25, 0.3) is 0 Å². The lowest BCUT2D eigenvalue weighted by Crippen LogP contribution is -2.29. The van der Waals surface area contributed by atoms with E-state index in [1.54, 1.807) is 0 Å². The van der Waals surface area contributed by atoms with Gasteiger partial charge in [-0.2, -0.15) is 0 Å². The molecule has 2 rings (SSSR count). The average Bonchev–Trinajstić information content (AvgIpc) is 2.78. The molecule has 1 heteroatoms. The topological polar surface area (TPSA) is 12.0 Å². The molecule has 0 spiro atoms. The molecule has 0 heterocycles. The fourth-order valence-corrected chi connectivity index (χ4v) is 3.73. The van der Waals surface area contributed by atoms with E-state index in [0.717, 1.165) is 12.5 Å². The number of hydrogen-bond acceptors (Lipinski definition) is 1. The summed E-state index contributed by atoms with van der Waals surface area (Å²) in [7, 11) is 0. The second-order valence-corrected chi connectivity index (χ2v) is 6.68. The van der Waals surface area contributed by atoms with Crippen molar-refractivity contribution in [2.75, 3.05) is 6.54 Å². The van der Waals surface area contributed by atoms with Gasteiger partial charge in [0.2, 0.25) is 0 Å². The van der Waals surface area contributed by atoms with Gasteiger partial charge in [0.1, 0.15) is 0 Å². The Bertz CT molecular complexity index is 391. The van der Waals surface area contributed by atoms with Crippen molar-refractivity contribution in [2.24, 2.45) is 5.92 Å². The molecule has 0 amide bonds. The van der Waals surface area contributed by atoms with Crippen molar-refractivity contribution < 1.29 is 0 Å². The van der Waals surface area contributed by atoms with Gasteiger partial charge in [-0.15, -0.1) is 0 Å². The Morgan fingerprint density at radius 3 is 2.48 bits per heavy atom. The van der Waals surface area contributed by atoms with E-state index in [1.807, 2.05) is 0 Å². The fraction of sp³-hybridized carbons (Fsp3) is 0.700.